The van der Waals surface area contributed by atoms with E-state index in [9.17, 15) is 14.4 Å². The second-order valence-electron chi connectivity index (χ2n) is 8.26. The molecule has 5 rings (SSSR count). The minimum Gasteiger partial charge on any atom is -0.381 e. The molecule has 0 aliphatic carbocycles. The van der Waals surface area contributed by atoms with Crippen LogP contribution in [-0.2, 0) is 9.53 Å². The van der Waals surface area contributed by atoms with Gasteiger partial charge in [0.2, 0.25) is 5.91 Å². The first kappa shape index (κ1) is 19.8. The molecule has 3 aliphatic rings. The van der Waals surface area contributed by atoms with E-state index in [2.05, 4.69) is 5.32 Å². The van der Waals surface area contributed by atoms with Crippen LogP contribution in [0.2, 0.25) is 0 Å². The summed E-state index contributed by atoms with van der Waals surface area (Å²) in [5.41, 5.74) is 2.52. The van der Waals surface area contributed by atoms with Gasteiger partial charge < -0.3 is 15.0 Å². The third kappa shape index (κ3) is 3.49. The first-order chi connectivity index (χ1) is 15.1. The molecule has 7 heteroatoms. The second kappa shape index (κ2) is 8.15. The average Bonchev–Trinajstić information content (AvgIpc) is 3.11. The zero-order valence-electron chi connectivity index (χ0n) is 17.3. The van der Waals surface area contributed by atoms with Crippen LogP contribution in [0.1, 0.15) is 51.7 Å². The molecule has 2 aromatic rings. The Hall–Kier alpha value is -3.19. The molecule has 3 heterocycles. The van der Waals surface area contributed by atoms with Crippen molar-refractivity contribution < 1.29 is 19.1 Å². The van der Waals surface area contributed by atoms with Crippen molar-refractivity contribution in [3.63, 3.8) is 0 Å². The summed E-state index contributed by atoms with van der Waals surface area (Å²) >= 11 is 0. The normalized spacial score (nSPS) is 20.3. The molecule has 3 aliphatic heterocycles. The van der Waals surface area contributed by atoms with Crippen LogP contribution >= 0.6 is 0 Å². The number of para-hydroxylation sites is 1. The predicted octanol–water partition coefficient (Wildman–Crippen LogP) is 2.73. The molecule has 1 atom stereocenters. The van der Waals surface area contributed by atoms with Crippen LogP contribution in [0.5, 0.6) is 0 Å². The Balaban J connectivity index is 1.36. The van der Waals surface area contributed by atoms with Gasteiger partial charge >= 0.3 is 0 Å². The molecule has 2 aromatic carbocycles. The van der Waals surface area contributed by atoms with Gasteiger partial charge in [-0.15, -0.1) is 0 Å². The van der Waals surface area contributed by atoms with Crippen LogP contribution in [-0.4, -0.2) is 48.9 Å². The Bertz CT molecular complexity index is 1030. The van der Waals surface area contributed by atoms with E-state index in [1.165, 1.54) is 0 Å². The van der Waals surface area contributed by atoms with Crippen molar-refractivity contribution in [2.75, 3.05) is 31.2 Å². The fourth-order valence-corrected chi connectivity index (χ4v) is 4.72. The number of hydrogen-bond acceptors (Lipinski definition) is 4. The maximum Gasteiger partial charge on any atom is 0.260 e. The number of benzene rings is 2. The van der Waals surface area contributed by atoms with Crippen molar-refractivity contribution in [2.24, 2.45) is 5.92 Å². The summed E-state index contributed by atoms with van der Waals surface area (Å²) in [4.78, 5) is 42.4. The molecule has 0 spiro atoms. The van der Waals surface area contributed by atoms with Gasteiger partial charge in [-0.05, 0) is 37.0 Å². The van der Waals surface area contributed by atoms with Gasteiger partial charge in [0.25, 0.3) is 11.8 Å². The van der Waals surface area contributed by atoms with Crippen LogP contribution in [0, 0.1) is 5.92 Å². The highest BCUT2D eigenvalue weighted by Crippen LogP contribution is 2.45. The van der Waals surface area contributed by atoms with Crippen molar-refractivity contribution in [2.45, 2.75) is 25.4 Å². The van der Waals surface area contributed by atoms with E-state index in [4.69, 9.17) is 4.74 Å². The number of anilines is 1. The Morgan fingerprint density at radius 1 is 0.968 bits per heavy atom. The van der Waals surface area contributed by atoms with E-state index < -0.39 is 6.17 Å². The maximum absolute atomic E-state index is 13.3. The van der Waals surface area contributed by atoms with Gasteiger partial charge in [0.15, 0.2) is 0 Å². The zero-order chi connectivity index (χ0) is 21.4. The van der Waals surface area contributed by atoms with E-state index >= 15 is 0 Å². The Labute approximate surface area is 181 Å². The number of fused-ring (bicyclic) bond motifs is 5. The van der Waals surface area contributed by atoms with Gasteiger partial charge in [-0.3, -0.25) is 19.3 Å². The molecule has 3 amide bonds. The van der Waals surface area contributed by atoms with Crippen LogP contribution in [0.4, 0.5) is 5.69 Å². The highest BCUT2D eigenvalue weighted by Gasteiger charge is 2.47. The van der Waals surface area contributed by atoms with Gasteiger partial charge in [-0.1, -0.05) is 30.3 Å². The van der Waals surface area contributed by atoms with Gasteiger partial charge in [-0.2, -0.15) is 0 Å². The van der Waals surface area contributed by atoms with E-state index in [0.717, 1.165) is 31.6 Å². The number of carbonyl (C=O) groups is 3. The third-order valence-electron chi connectivity index (χ3n) is 6.39. The minimum atomic E-state index is -0.519. The number of nitrogens with zero attached hydrogens (tertiary/aromatic N) is 2. The number of nitrogens with one attached hydrogen (secondary N) is 1. The highest BCUT2D eigenvalue weighted by molar-refractivity contribution is 6.16. The van der Waals surface area contributed by atoms with Gasteiger partial charge in [0, 0.05) is 43.9 Å². The quantitative estimate of drug-likeness (QED) is 0.808. The summed E-state index contributed by atoms with van der Waals surface area (Å²) in [7, 11) is 0. The average molecular weight is 419 g/mol. The lowest BCUT2D eigenvalue weighted by molar-refractivity contribution is -0.121. The fraction of sp³-hybridized carbons (Fsp3) is 0.375. The molecule has 0 bridgehead atoms. The number of ether oxygens (including phenoxy) is 1. The van der Waals surface area contributed by atoms with Crippen molar-refractivity contribution in [3.8, 4) is 0 Å². The predicted molar refractivity (Wildman–Crippen MR) is 115 cm³/mol. The SMILES string of the molecule is O=C(CCN1C(=O)c2ccccc2N2C(=O)c3ccccc3[C@H]12)NCC1CCOCC1. The van der Waals surface area contributed by atoms with Gasteiger partial charge in [-0.25, -0.2) is 0 Å². The first-order valence-corrected chi connectivity index (χ1v) is 10.8. The number of hydrogen-bond donors (Lipinski definition) is 1. The van der Waals surface area contributed by atoms with Crippen molar-refractivity contribution in [1.29, 1.82) is 0 Å². The molecule has 1 saturated heterocycles. The first-order valence-electron chi connectivity index (χ1n) is 10.8. The highest BCUT2D eigenvalue weighted by atomic mass is 16.5. The Kier molecular flexibility index (Phi) is 5.19. The van der Waals surface area contributed by atoms with E-state index in [0.29, 0.717) is 29.3 Å². The fourth-order valence-electron chi connectivity index (χ4n) is 4.72. The molecule has 1 N–H and O–H groups in total. The summed E-state index contributed by atoms with van der Waals surface area (Å²) < 4.78 is 5.36. The monoisotopic (exact) mass is 419 g/mol. The molecule has 0 radical (unpaired) electrons. The molecule has 160 valence electrons. The van der Waals surface area contributed by atoms with Crippen LogP contribution in [0.15, 0.2) is 48.5 Å². The lowest BCUT2D eigenvalue weighted by Gasteiger charge is -2.40. The molecule has 7 nitrogen and oxygen atoms in total. The summed E-state index contributed by atoms with van der Waals surface area (Å²) in [6.45, 7) is 2.37. The summed E-state index contributed by atoms with van der Waals surface area (Å²) in [6.07, 6.45) is 1.59. The van der Waals surface area contributed by atoms with Crippen molar-refractivity contribution in [3.05, 3.63) is 65.2 Å². The molecule has 31 heavy (non-hydrogen) atoms. The third-order valence-corrected chi connectivity index (χ3v) is 6.39. The van der Waals surface area contributed by atoms with E-state index in [-0.39, 0.29) is 30.7 Å². The van der Waals surface area contributed by atoms with Crippen LogP contribution in [0.3, 0.4) is 0 Å². The molecular formula is C24H25N3O4. The van der Waals surface area contributed by atoms with E-state index in [1.54, 1.807) is 28.0 Å². The van der Waals surface area contributed by atoms with Gasteiger partial charge in [0.1, 0.15) is 6.17 Å². The number of amides is 3. The maximum atomic E-state index is 13.3. The Morgan fingerprint density at radius 3 is 2.48 bits per heavy atom. The topological polar surface area (TPSA) is 79.0 Å². The van der Waals surface area contributed by atoms with Gasteiger partial charge in [0.05, 0.1) is 11.3 Å². The van der Waals surface area contributed by atoms with E-state index in [1.807, 2.05) is 30.3 Å². The lowest BCUT2D eigenvalue weighted by Crippen LogP contribution is -2.49. The standard InChI is InChI=1S/C24H25N3O4/c28-21(25-15-16-10-13-31-14-11-16)9-12-26-22-17-5-1-2-6-18(17)24(30)27(22)20-8-4-3-7-19(20)23(26)29/h1-8,16,22H,9-15H2,(H,25,28)/t22-/m1/s1. The second-order valence-corrected chi connectivity index (χ2v) is 8.26. The number of carbonyl (C=O) groups excluding carboxylic acids is 3. The van der Waals surface area contributed by atoms with Crippen molar-refractivity contribution >= 4 is 23.4 Å². The van der Waals surface area contributed by atoms with Crippen LogP contribution in [0.25, 0.3) is 0 Å². The Morgan fingerprint density at radius 2 is 1.68 bits per heavy atom. The smallest absolute Gasteiger partial charge is 0.260 e. The molecule has 0 saturated carbocycles. The molecule has 0 aromatic heterocycles. The summed E-state index contributed by atoms with van der Waals surface area (Å²) in [5.74, 6) is 0.0893. The molecule has 0 unspecified atom stereocenters. The van der Waals surface area contributed by atoms with Crippen LogP contribution < -0.4 is 10.2 Å². The van der Waals surface area contributed by atoms with Crippen molar-refractivity contribution in [1.82, 2.24) is 10.2 Å². The summed E-state index contributed by atoms with van der Waals surface area (Å²) in [6, 6.07) is 14.6. The molecule has 1 fully saturated rings. The number of rotatable bonds is 5. The minimum absolute atomic E-state index is 0.0812. The zero-order valence-corrected chi connectivity index (χ0v) is 17.3. The molecular weight excluding hydrogens is 394 g/mol. The lowest BCUT2D eigenvalue weighted by atomic mass is 10.0. The summed E-state index contributed by atoms with van der Waals surface area (Å²) in [5, 5.41) is 3.00. The largest absolute Gasteiger partial charge is 0.381 e.